The minimum absolute atomic E-state index is 0.437. The van der Waals surface area contributed by atoms with Crippen molar-refractivity contribution >= 4 is 11.8 Å². The Labute approximate surface area is 126 Å². The molecule has 0 unspecified atom stereocenters. The molecule has 0 bridgehead atoms. The van der Waals surface area contributed by atoms with Crippen molar-refractivity contribution in [3.63, 3.8) is 0 Å². The van der Waals surface area contributed by atoms with Gasteiger partial charge < -0.3 is 14.8 Å². The summed E-state index contributed by atoms with van der Waals surface area (Å²) in [5.74, 6) is 1.64. The summed E-state index contributed by atoms with van der Waals surface area (Å²) in [5, 5.41) is 3.61. The quantitative estimate of drug-likeness (QED) is 0.834. The molecule has 0 heterocycles. The number of benzene rings is 1. The first-order chi connectivity index (χ1) is 9.74. The lowest BCUT2D eigenvalue weighted by Crippen LogP contribution is -2.34. The highest BCUT2D eigenvalue weighted by molar-refractivity contribution is 8.00. The zero-order valence-corrected chi connectivity index (χ0v) is 13.5. The fourth-order valence-corrected chi connectivity index (χ4v) is 3.93. The van der Waals surface area contributed by atoms with Crippen LogP contribution in [0, 0.1) is 0 Å². The van der Waals surface area contributed by atoms with Gasteiger partial charge in [-0.1, -0.05) is 25.0 Å². The number of rotatable bonds is 7. The first-order valence-electron chi connectivity index (χ1n) is 7.20. The van der Waals surface area contributed by atoms with Crippen molar-refractivity contribution in [3.05, 3.63) is 23.8 Å². The van der Waals surface area contributed by atoms with E-state index in [9.17, 15) is 0 Å². The molecule has 1 aromatic rings. The molecule has 0 spiro atoms. The Balaban J connectivity index is 1.97. The fourth-order valence-electron chi connectivity index (χ4n) is 2.99. The van der Waals surface area contributed by atoms with Crippen molar-refractivity contribution in [2.45, 2.75) is 37.0 Å². The molecular weight excluding hydrogens is 270 g/mol. The molecule has 1 aliphatic carbocycles. The summed E-state index contributed by atoms with van der Waals surface area (Å²) in [4.78, 5) is 0. The monoisotopic (exact) mass is 295 g/mol. The number of para-hydroxylation sites is 1. The molecular formula is C16H25NO2S. The van der Waals surface area contributed by atoms with Crippen LogP contribution < -0.4 is 14.8 Å². The van der Waals surface area contributed by atoms with Crippen LogP contribution in [0.15, 0.2) is 18.2 Å². The molecule has 1 saturated carbocycles. The molecule has 1 aromatic carbocycles. The molecule has 0 aromatic heterocycles. The van der Waals surface area contributed by atoms with Gasteiger partial charge in [-0.15, -0.1) is 0 Å². The van der Waals surface area contributed by atoms with E-state index < -0.39 is 0 Å². The summed E-state index contributed by atoms with van der Waals surface area (Å²) < 4.78 is 11.2. The Morgan fingerprint density at radius 1 is 1.20 bits per heavy atom. The highest BCUT2D eigenvalue weighted by Crippen LogP contribution is 2.39. The molecule has 1 N–H and O–H groups in total. The Morgan fingerprint density at radius 2 is 1.95 bits per heavy atom. The highest BCUT2D eigenvalue weighted by atomic mass is 32.2. The van der Waals surface area contributed by atoms with Crippen LogP contribution in [0.5, 0.6) is 11.5 Å². The summed E-state index contributed by atoms with van der Waals surface area (Å²) in [5.41, 5.74) is 1.15. The highest BCUT2D eigenvalue weighted by Gasteiger charge is 2.32. The van der Waals surface area contributed by atoms with Crippen molar-refractivity contribution in [2.24, 2.45) is 0 Å². The summed E-state index contributed by atoms with van der Waals surface area (Å²) in [7, 11) is 3.37. The van der Waals surface area contributed by atoms with Gasteiger partial charge in [0.25, 0.3) is 0 Å². The van der Waals surface area contributed by atoms with E-state index in [4.69, 9.17) is 9.47 Å². The summed E-state index contributed by atoms with van der Waals surface area (Å²) in [6.07, 6.45) is 7.63. The third-order valence-electron chi connectivity index (χ3n) is 4.19. The normalized spacial score (nSPS) is 17.1. The molecule has 2 rings (SSSR count). The Morgan fingerprint density at radius 3 is 2.55 bits per heavy atom. The number of nitrogens with one attached hydrogen (secondary N) is 1. The Bertz CT molecular complexity index is 430. The van der Waals surface area contributed by atoms with E-state index in [1.54, 1.807) is 14.2 Å². The van der Waals surface area contributed by atoms with Gasteiger partial charge in [0.05, 0.1) is 14.2 Å². The van der Waals surface area contributed by atoms with E-state index in [0.717, 1.165) is 30.2 Å². The van der Waals surface area contributed by atoms with Gasteiger partial charge in [0, 0.05) is 23.4 Å². The topological polar surface area (TPSA) is 30.5 Å². The van der Waals surface area contributed by atoms with Gasteiger partial charge in [-0.2, -0.15) is 11.8 Å². The van der Waals surface area contributed by atoms with Crippen LogP contribution in [0.1, 0.15) is 31.2 Å². The first-order valence-corrected chi connectivity index (χ1v) is 8.43. The molecule has 0 aliphatic heterocycles. The zero-order valence-electron chi connectivity index (χ0n) is 12.7. The fraction of sp³-hybridized carbons (Fsp3) is 0.625. The van der Waals surface area contributed by atoms with Gasteiger partial charge in [0.2, 0.25) is 0 Å². The van der Waals surface area contributed by atoms with E-state index in [1.807, 2.05) is 23.9 Å². The minimum Gasteiger partial charge on any atom is -0.493 e. The average Bonchev–Trinajstić information content (AvgIpc) is 2.96. The predicted octanol–water partition coefficient (Wildman–Crippen LogP) is 3.47. The molecule has 112 valence electrons. The van der Waals surface area contributed by atoms with Crippen molar-refractivity contribution in [1.82, 2.24) is 5.32 Å². The number of hydrogen-bond acceptors (Lipinski definition) is 4. The van der Waals surface area contributed by atoms with E-state index >= 15 is 0 Å². The predicted molar refractivity (Wildman–Crippen MR) is 86.0 cm³/mol. The van der Waals surface area contributed by atoms with E-state index in [1.165, 1.54) is 25.7 Å². The van der Waals surface area contributed by atoms with Crippen molar-refractivity contribution in [1.29, 1.82) is 0 Å². The van der Waals surface area contributed by atoms with Crippen LogP contribution in [0.4, 0.5) is 0 Å². The largest absolute Gasteiger partial charge is 0.493 e. The second kappa shape index (κ2) is 7.23. The molecule has 0 saturated heterocycles. The van der Waals surface area contributed by atoms with Gasteiger partial charge in [-0.25, -0.2) is 0 Å². The summed E-state index contributed by atoms with van der Waals surface area (Å²) in [6.45, 7) is 1.89. The van der Waals surface area contributed by atoms with Crippen molar-refractivity contribution < 1.29 is 9.47 Å². The molecule has 20 heavy (non-hydrogen) atoms. The van der Waals surface area contributed by atoms with Gasteiger partial charge in [0.1, 0.15) is 0 Å². The van der Waals surface area contributed by atoms with Crippen molar-refractivity contribution in [2.75, 3.05) is 27.0 Å². The molecule has 0 radical (unpaired) electrons. The lowest BCUT2D eigenvalue weighted by atomic mass is 10.1. The van der Waals surface area contributed by atoms with Crippen LogP contribution in [0.25, 0.3) is 0 Å². The van der Waals surface area contributed by atoms with Gasteiger partial charge >= 0.3 is 0 Å². The van der Waals surface area contributed by atoms with Crippen LogP contribution in [-0.2, 0) is 6.54 Å². The number of hydrogen-bond donors (Lipinski definition) is 1. The third-order valence-corrected chi connectivity index (χ3v) is 5.61. The SMILES string of the molecule is COc1cccc(CNCC2(SC)CCCC2)c1OC. The zero-order chi connectivity index (χ0) is 14.4. The minimum atomic E-state index is 0.437. The smallest absolute Gasteiger partial charge is 0.165 e. The standard InChI is InChI=1S/C16H25NO2S/c1-18-14-8-6-7-13(15(14)19-2)11-17-12-16(20-3)9-4-5-10-16/h6-8,17H,4-5,9-12H2,1-3H3. The number of thioether (sulfide) groups is 1. The maximum atomic E-state index is 5.47. The van der Waals surface area contributed by atoms with Crippen LogP contribution in [0.2, 0.25) is 0 Å². The lowest BCUT2D eigenvalue weighted by Gasteiger charge is -2.27. The Kier molecular flexibility index (Phi) is 5.61. The average molecular weight is 295 g/mol. The second-order valence-corrected chi connectivity index (χ2v) is 6.62. The molecule has 0 amide bonds. The molecule has 1 fully saturated rings. The van der Waals surface area contributed by atoms with Crippen LogP contribution in [-0.4, -0.2) is 31.8 Å². The third kappa shape index (κ3) is 3.41. The summed E-state index contributed by atoms with van der Waals surface area (Å²) in [6, 6.07) is 6.04. The molecule has 1 aliphatic rings. The van der Waals surface area contributed by atoms with Crippen LogP contribution in [0.3, 0.4) is 0 Å². The Hall–Kier alpha value is -0.870. The van der Waals surface area contributed by atoms with E-state index in [2.05, 4.69) is 17.6 Å². The maximum absolute atomic E-state index is 5.47. The van der Waals surface area contributed by atoms with Gasteiger partial charge in [0.15, 0.2) is 11.5 Å². The molecule has 4 heteroatoms. The number of ether oxygens (including phenoxy) is 2. The maximum Gasteiger partial charge on any atom is 0.165 e. The molecule has 0 atom stereocenters. The lowest BCUT2D eigenvalue weighted by molar-refractivity contribution is 0.350. The van der Waals surface area contributed by atoms with E-state index in [-0.39, 0.29) is 0 Å². The van der Waals surface area contributed by atoms with Crippen LogP contribution >= 0.6 is 11.8 Å². The van der Waals surface area contributed by atoms with Crippen molar-refractivity contribution in [3.8, 4) is 11.5 Å². The summed E-state index contributed by atoms with van der Waals surface area (Å²) >= 11 is 2.01. The van der Waals surface area contributed by atoms with Gasteiger partial charge in [-0.05, 0) is 25.2 Å². The molecule has 3 nitrogen and oxygen atoms in total. The van der Waals surface area contributed by atoms with E-state index in [0.29, 0.717) is 4.75 Å². The number of methoxy groups -OCH3 is 2. The second-order valence-electron chi connectivity index (χ2n) is 5.35. The first kappa shape index (κ1) is 15.5. The van der Waals surface area contributed by atoms with Gasteiger partial charge in [-0.3, -0.25) is 0 Å².